The maximum absolute atomic E-state index is 12.0. The summed E-state index contributed by atoms with van der Waals surface area (Å²) in [7, 11) is -1.58. The van der Waals surface area contributed by atoms with Crippen LogP contribution in [0.2, 0.25) is 19.6 Å². The molecule has 0 rings (SSSR count). The van der Waals surface area contributed by atoms with E-state index in [9.17, 15) is 8.78 Å². The molecule has 0 fully saturated rings. The van der Waals surface area contributed by atoms with Crippen LogP contribution in [0.15, 0.2) is 17.0 Å². The minimum atomic E-state index is -1.67. The van der Waals surface area contributed by atoms with Gasteiger partial charge in [0, 0.05) is 0 Å². The van der Waals surface area contributed by atoms with Crippen molar-refractivity contribution in [2.24, 2.45) is 0 Å². The summed E-state index contributed by atoms with van der Waals surface area (Å²) in [4.78, 5) is 0. The SMILES string of the molecule is CCCCC(=C=C(F)F)[Si](C)(C)C. The van der Waals surface area contributed by atoms with E-state index in [2.05, 4.69) is 32.3 Å². The molecule has 3 heteroatoms. The third-order valence-corrected chi connectivity index (χ3v) is 4.12. The lowest BCUT2D eigenvalue weighted by molar-refractivity contribution is 0.423. The van der Waals surface area contributed by atoms with Crippen LogP contribution >= 0.6 is 0 Å². The smallest absolute Gasteiger partial charge is 0.164 e. The normalized spacial score (nSPS) is 10.9. The zero-order valence-electron chi connectivity index (χ0n) is 8.88. The Balaban J connectivity index is 4.69. The van der Waals surface area contributed by atoms with E-state index >= 15 is 0 Å². The Morgan fingerprint density at radius 1 is 1.23 bits per heavy atom. The average Bonchev–Trinajstić information content (AvgIpc) is 1.95. The molecule has 0 aromatic rings. The second-order valence-corrected chi connectivity index (χ2v) is 9.32. The van der Waals surface area contributed by atoms with E-state index in [1.54, 1.807) is 0 Å². The Labute approximate surface area is 80.4 Å². The fraction of sp³-hybridized carbons (Fsp3) is 0.700. The van der Waals surface area contributed by atoms with Gasteiger partial charge in [-0.05, 0) is 18.0 Å². The van der Waals surface area contributed by atoms with Gasteiger partial charge in [-0.3, -0.25) is 0 Å². The molecule has 0 heterocycles. The van der Waals surface area contributed by atoms with Gasteiger partial charge in [0.1, 0.15) is 0 Å². The third kappa shape index (κ3) is 5.78. The second kappa shape index (κ2) is 5.35. The zero-order chi connectivity index (χ0) is 10.5. The van der Waals surface area contributed by atoms with Crippen LogP contribution in [0.1, 0.15) is 26.2 Å². The largest absolute Gasteiger partial charge is 0.312 e. The van der Waals surface area contributed by atoms with Gasteiger partial charge in [-0.15, -0.1) is 0 Å². The minimum absolute atomic E-state index is 0.781. The van der Waals surface area contributed by atoms with Crippen LogP contribution < -0.4 is 0 Å². The Morgan fingerprint density at radius 2 is 1.77 bits per heavy atom. The molecule has 0 aliphatic carbocycles. The predicted molar refractivity (Wildman–Crippen MR) is 55.6 cm³/mol. The van der Waals surface area contributed by atoms with E-state index < -0.39 is 14.2 Å². The molecular formula is C10H18F2Si. The first-order chi connectivity index (χ1) is 5.88. The van der Waals surface area contributed by atoms with Crippen molar-refractivity contribution in [1.82, 2.24) is 0 Å². The molecule has 0 bridgehead atoms. The first-order valence-corrected chi connectivity index (χ1v) is 8.19. The van der Waals surface area contributed by atoms with Crippen LogP contribution in [-0.2, 0) is 0 Å². The molecule has 0 N–H and O–H groups in total. The first kappa shape index (κ1) is 12.6. The van der Waals surface area contributed by atoms with Crippen molar-refractivity contribution in [3.63, 3.8) is 0 Å². The Kier molecular flexibility index (Phi) is 5.19. The van der Waals surface area contributed by atoms with Crippen molar-refractivity contribution < 1.29 is 8.78 Å². The summed E-state index contributed by atoms with van der Waals surface area (Å²) < 4.78 is 24.1. The van der Waals surface area contributed by atoms with Gasteiger partial charge in [0.25, 0.3) is 0 Å². The van der Waals surface area contributed by atoms with E-state index in [0.717, 1.165) is 24.5 Å². The molecule has 0 amide bonds. The highest BCUT2D eigenvalue weighted by Crippen LogP contribution is 2.20. The Bertz CT molecular complexity index is 216. The van der Waals surface area contributed by atoms with Gasteiger partial charge in [0.2, 0.25) is 0 Å². The molecule has 0 aliphatic rings. The van der Waals surface area contributed by atoms with E-state index in [1.807, 2.05) is 0 Å². The molecular weight excluding hydrogens is 186 g/mol. The third-order valence-electron chi connectivity index (χ3n) is 1.93. The lowest BCUT2D eigenvalue weighted by Gasteiger charge is -2.18. The molecule has 0 nitrogen and oxygen atoms in total. The van der Waals surface area contributed by atoms with Gasteiger partial charge in [0.15, 0.2) is 0 Å². The molecule has 0 spiro atoms. The highest BCUT2D eigenvalue weighted by Gasteiger charge is 2.19. The summed E-state index contributed by atoms with van der Waals surface area (Å²) in [6.45, 7) is 8.30. The molecule has 0 saturated carbocycles. The molecule has 13 heavy (non-hydrogen) atoms. The van der Waals surface area contributed by atoms with Gasteiger partial charge in [-0.1, -0.05) is 38.7 Å². The van der Waals surface area contributed by atoms with Crippen molar-refractivity contribution in [2.45, 2.75) is 45.8 Å². The highest BCUT2D eigenvalue weighted by molar-refractivity contribution is 6.83. The number of unbranched alkanes of at least 4 members (excludes halogenated alkanes) is 1. The molecule has 0 saturated heterocycles. The topological polar surface area (TPSA) is 0 Å². The Hall–Kier alpha value is -0.403. The van der Waals surface area contributed by atoms with E-state index in [0.29, 0.717) is 0 Å². The lowest BCUT2D eigenvalue weighted by atomic mass is 10.2. The molecule has 0 radical (unpaired) electrons. The van der Waals surface area contributed by atoms with E-state index in [4.69, 9.17) is 0 Å². The number of rotatable bonds is 4. The summed E-state index contributed by atoms with van der Waals surface area (Å²) in [5.74, 6) is 0. The van der Waals surface area contributed by atoms with Crippen molar-refractivity contribution in [2.75, 3.05) is 0 Å². The predicted octanol–water partition coefficient (Wildman–Crippen LogP) is 4.36. The number of hydrogen-bond donors (Lipinski definition) is 0. The highest BCUT2D eigenvalue weighted by atomic mass is 28.3. The van der Waals surface area contributed by atoms with Crippen molar-refractivity contribution >= 4 is 8.07 Å². The van der Waals surface area contributed by atoms with Crippen LogP contribution in [0, 0.1) is 0 Å². The molecule has 0 unspecified atom stereocenters. The fourth-order valence-electron chi connectivity index (χ4n) is 1.09. The van der Waals surface area contributed by atoms with Crippen LogP contribution in [-0.4, -0.2) is 8.07 Å². The van der Waals surface area contributed by atoms with Crippen LogP contribution in [0.4, 0.5) is 8.78 Å². The van der Waals surface area contributed by atoms with E-state index in [1.165, 1.54) is 0 Å². The summed E-state index contributed by atoms with van der Waals surface area (Å²) in [5.41, 5.74) is 2.22. The van der Waals surface area contributed by atoms with Crippen LogP contribution in [0.3, 0.4) is 0 Å². The Morgan fingerprint density at radius 3 is 2.08 bits per heavy atom. The summed E-state index contributed by atoms with van der Waals surface area (Å²) in [6.07, 6.45) is 1.14. The molecule has 0 aromatic heterocycles. The van der Waals surface area contributed by atoms with Crippen LogP contribution in [0.25, 0.3) is 0 Å². The summed E-state index contributed by atoms with van der Waals surface area (Å²) >= 11 is 0. The van der Waals surface area contributed by atoms with Gasteiger partial charge < -0.3 is 0 Å². The molecule has 76 valence electrons. The number of hydrogen-bond acceptors (Lipinski definition) is 0. The lowest BCUT2D eigenvalue weighted by Crippen LogP contribution is -2.23. The molecule has 0 aliphatic heterocycles. The number of halogens is 2. The standard InChI is InChI=1S/C10H18F2Si/c1-5-6-7-9(8-10(11)12)13(2,3)4/h5-7H2,1-4H3. The van der Waals surface area contributed by atoms with Gasteiger partial charge in [-0.25, -0.2) is 0 Å². The minimum Gasteiger partial charge on any atom is -0.164 e. The quantitative estimate of drug-likeness (QED) is 0.471. The van der Waals surface area contributed by atoms with Gasteiger partial charge in [0.05, 0.1) is 8.07 Å². The van der Waals surface area contributed by atoms with Crippen molar-refractivity contribution in [3.8, 4) is 0 Å². The van der Waals surface area contributed by atoms with E-state index in [-0.39, 0.29) is 0 Å². The zero-order valence-corrected chi connectivity index (χ0v) is 9.88. The average molecular weight is 204 g/mol. The maximum atomic E-state index is 12.0. The number of allylic oxidation sites excluding steroid dienone is 1. The maximum Gasteiger partial charge on any atom is 0.312 e. The van der Waals surface area contributed by atoms with Crippen molar-refractivity contribution in [3.05, 3.63) is 17.0 Å². The monoisotopic (exact) mass is 204 g/mol. The van der Waals surface area contributed by atoms with Crippen molar-refractivity contribution in [1.29, 1.82) is 0 Å². The molecule has 0 aromatic carbocycles. The first-order valence-electron chi connectivity index (χ1n) is 4.69. The van der Waals surface area contributed by atoms with Gasteiger partial charge in [-0.2, -0.15) is 8.78 Å². The van der Waals surface area contributed by atoms with Crippen LogP contribution in [0.5, 0.6) is 0 Å². The summed E-state index contributed by atoms with van der Waals surface area (Å²) in [5, 5.41) is 0.856. The summed E-state index contributed by atoms with van der Waals surface area (Å²) in [6, 6.07) is 0. The van der Waals surface area contributed by atoms with Gasteiger partial charge >= 0.3 is 6.08 Å². The fourth-order valence-corrected chi connectivity index (χ4v) is 2.49. The second-order valence-electron chi connectivity index (χ2n) is 4.22. The molecule has 0 atom stereocenters.